The Morgan fingerprint density at radius 2 is 2.08 bits per heavy atom. The number of hydrogen-bond donors (Lipinski definition) is 1. The Labute approximate surface area is 156 Å². The molecule has 0 aliphatic carbocycles. The molecule has 2 unspecified atom stereocenters. The molecular weight excluding hydrogens is 355 g/mol. The van der Waals surface area contributed by atoms with Crippen molar-refractivity contribution < 1.29 is 13.9 Å². The topological polar surface area (TPSA) is 67.4 Å². The molecule has 3 rings (SSSR count). The van der Waals surface area contributed by atoms with Crippen LogP contribution in [0.2, 0.25) is 0 Å². The molecule has 2 aromatic rings. The number of nitrogens with zero attached hydrogens (tertiary/aromatic N) is 3. The number of benzene rings is 1. The van der Waals surface area contributed by atoms with Crippen LogP contribution in [0.3, 0.4) is 0 Å². The van der Waals surface area contributed by atoms with Gasteiger partial charge in [-0.2, -0.15) is 0 Å². The van der Waals surface area contributed by atoms with Crippen LogP contribution in [-0.4, -0.2) is 46.9 Å². The van der Waals surface area contributed by atoms with Gasteiger partial charge >= 0.3 is 0 Å². The number of rotatable bonds is 5. The molecule has 1 amide bonds. The first kappa shape index (κ1) is 18.6. The van der Waals surface area contributed by atoms with Crippen LogP contribution >= 0.6 is 11.8 Å². The van der Waals surface area contributed by atoms with Gasteiger partial charge in [0.1, 0.15) is 23.0 Å². The molecule has 0 radical (unpaired) electrons. The van der Waals surface area contributed by atoms with Gasteiger partial charge in [0.15, 0.2) is 0 Å². The highest BCUT2D eigenvalue weighted by Gasteiger charge is 2.23. The first-order valence-electron chi connectivity index (χ1n) is 8.40. The minimum atomic E-state index is -0.384. The molecule has 0 saturated carbocycles. The number of halogens is 1. The van der Waals surface area contributed by atoms with E-state index in [4.69, 9.17) is 4.74 Å². The molecule has 2 atom stereocenters. The molecule has 26 heavy (non-hydrogen) atoms. The number of morpholine rings is 1. The predicted octanol–water partition coefficient (Wildman–Crippen LogP) is 2.96. The van der Waals surface area contributed by atoms with Crippen LogP contribution in [0.25, 0.3) is 0 Å². The number of carbonyl (C=O) groups excluding carboxylic acids is 1. The number of anilines is 2. The van der Waals surface area contributed by atoms with Gasteiger partial charge in [-0.3, -0.25) is 4.79 Å². The van der Waals surface area contributed by atoms with E-state index in [1.54, 1.807) is 12.1 Å². The summed E-state index contributed by atoms with van der Waals surface area (Å²) in [6.45, 7) is 5.61. The molecule has 1 aromatic heterocycles. The van der Waals surface area contributed by atoms with E-state index in [0.29, 0.717) is 5.69 Å². The monoisotopic (exact) mass is 376 g/mol. The molecule has 1 saturated heterocycles. The average molecular weight is 376 g/mol. The number of aromatic nitrogens is 2. The fourth-order valence-corrected chi connectivity index (χ4v) is 3.51. The van der Waals surface area contributed by atoms with E-state index in [1.165, 1.54) is 30.2 Å². The number of carbonyl (C=O) groups is 1. The maximum atomic E-state index is 13.2. The predicted molar refractivity (Wildman–Crippen MR) is 100 cm³/mol. The van der Waals surface area contributed by atoms with Crippen molar-refractivity contribution in [3.05, 3.63) is 42.5 Å². The normalized spacial score (nSPS) is 20.0. The number of amides is 1. The largest absolute Gasteiger partial charge is 0.372 e. The van der Waals surface area contributed by atoms with E-state index in [1.807, 2.05) is 19.9 Å². The number of nitrogens with one attached hydrogen (secondary N) is 1. The smallest absolute Gasteiger partial charge is 0.234 e. The van der Waals surface area contributed by atoms with Crippen LogP contribution in [0.4, 0.5) is 15.9 Å². The Bertz CT molecular complexity index is 766. The maximum absolute atomic E-state index is 13.2. The van der Waals surface area contributed by atoms with Gasteiger partial charge in [-0.15, -0.1) is 0 Å². The van der Waals surface area contributed by atoms with Crippen molar-refractivity contribution in [2.24, 2.45) is 0 Å². The minimum absolute atomic E-state index is 0.141. The van der Waals surface area contributed by atoms with Gasteiger partial charge in [-0.05, 0) is 32.0 Å². The van der Waals surface area contributed by atoms with Crippen LogP contribution in [0.1, 0.15) is 13.8 Å². The molecule has 138 valence electrons. The van der Waals surface area contributed by atoms with Gasteiger partial charge in [0, 0.05) is 24.8 Å². The zero-order chi connectivity index (χ0) is 18.5. The molecule has 1 fully saturated rings. The summed E-state index contributed by atoms with van der Waals surface area (Å²) in [6, 6.07) is 7.70. The molecule has 0 bridgehead atoms. The summed E-state index contributed by atoms with van der Waals surface area (Å²) in [7, 11) is 0. The summed E-state index contributed by atoms with van der Waals surface area (Å²) in [5.41, 5.74) is 0.440. The molecule has 6 nitrogen and oxygen atoms in total. The van der Waals surface area contributed by atoms with Crippen molar-refractivity contribution in [3.63, 3.8) is 0 Å². The van der Waals surface area contributed by atoms with Gasteiger partial charge < -0.3 is 15.0 Å². The van der Waals surface area contributed by atoms with Crippen molar-refractivity contribution in [2.45, 2.75) is 31.1 Å². The lowest BCUT2D eigenvalue weighted by molar-refractivity contribution is -0.113. The summed E-state index contributed by atoms with van der Waals surface area (Å²) in [4.78, 5) is 22.8. The lowest BCUT2D eigenvalue weighted by Gasteiger charge is -2.36. The molecule has 1 aromatic carbocycles. The first-order chi connectivity index (χ1) is 12.5. The quantitative estimate of drug-likeness (QED) is 0.639. The van der Waals surface area contributed by atoms with E-state index in [9.17, 15) is 9.18 Å². The van der Waals surface area contributed by atoms with Gasteiger partial charge in [0.05, 0.1) is 18.0 Å². The summed E-state index contributed by atoms with van der Waals surface area (Å²) in [5.74, 6) is 0.414. The third kappa shape index (κ3) is 5.15. The van der Waals surface area contributed by atoms with Crippen LogP contribution in [0, 0.1) is 5.82 Å². The first-order valence-corrected chi connectivity index (χ1v) is 9.39. The maximum Gasteiger partial charge on any atom is 0.234 e. The Hall–Kier alpha value is -2.19. The van der Waals surface area contributed by atoms with E-state index < -0.39 is 0 Å². The SMILES string of the molecule is CC1CN(c2cc(SCC(=O)Nc3cccc(F)c3)ncn2)CC(C)O1. The second kappa shape index (κ2) is 8.46. The Kier molecular flexibility index (Phi) is 6.05. The van der Waals surface area contributed by atoms with E-state index in [0.717, 1.165) is 23.9 Å². The summed E-state index contributed by atoms with van der Waals surface area (Å²) < 4.78 is 18.9. The minimum Gasteiger partial charge on any atom is -0.372 e. The summed E-state index contributed by atoms with van der Waals surface area (Å²) in [5, 5.41) is 3.39. The number of ether oxygens (including phenoxy) is 1. The van der Waals surface area contributed by atoms with Crippen LogP contribution < -0.4 is 10.2 Å². The van der Waals surface area contributed by atoms with Crippen LogP contribution in [-0.2, 0) is 9.53 Å². The highest BCUT2D eigenvalue weighted by molar-refractivity contribution is 7.99. The summed E-state index contributed by atoms with van der Waals surface area (Å²) in [6.07, 6.45) is 1.79. The third-order valence-corrected chi connectivity index (χ3v) is 4.76. The highest BCUT2D eigenvalue weighted by atomic mass is 32.2. The van der Waals surface area contributed by atoms with Crippen LogP contribution in [0.5, 0.6) is 0 Å². The van der Waals surface area contributed by atoms with Gasteiger partial charge in [0.2, 0.25) is 5.91 Å². The molecular formula is C18H21FN4O2S. The number of hydrogen-bond acceptors (Lipinski definition) is 6. The lowest BCUT2D eigenvalue weighted by Crippen LogP contribution is -2.45. The van der Waals surface area contributed by atoms with E-state index in [2.05, 4.69) is 20.2 Å². The molecule has 0 spiro atoms. The van der Waals surface area contributed by atoms with Crippen molar-refractivity contribution in [2.75, 3.05) is 29.1 Å². The van der Waals surface area contributed by atoms with Crippen molar-refractivity contribution in [1.82, 2.24) is 9.97 Å². The fraction of sp³-hybridized carbons (Fsp3) is 0.389. The third-order valence-electron chi connectivity index (χ3n) is 3.83. The Morgan fingerprint density at radius 1 is 1.31 bits per heavy atom. The molecule has 1 N–H and O–H groups in total. The fourth-order valence-electron chi connectivity index (χ4n) is 2.85. The molecule has 2 heterocycles. The number of thioether (sulfide) groups is 1. The lowest BCUT2D eigenvalue weighted by atomic mass is 10.2. The highest BCUT2D eigenvalue weighted by Crippen LogP contribution is 2.23. The Balaban J connectivity index is 1.57. The zero-order valence-electron chi connectivity index (χ0n) is 14.7. The molecule has 1 aliphatic heterocycles. The summed E-state index contributed by atoms with van der Waals surface area (Å²) >= 11 is 1.32. The second-order valence-corrected chi connectivity index (χ2v) is 7.22. The van der Waals surface area contributed by atoms with Gasteiger partial charge in [-0.1, -0.05) is 17.8 Å². The molecule has 1 aliphatic rings. The standard InChI is InChI=1S/C18H21FN4O2S/c1-12-8-23(9-13(2)25-12)16-7-18(21-11-20-16)26-10-17(24)22-15-5-3-4-14(19)6-15/h3-7,11-13H,8-10H2,1-2H3,(H,22,24). The van der Waals surface area contributed by atoms with E-state index in [-0.39, 0.29) is 29.7 Å². The zero-order valence-corrected chi connectivity index (χ0v) is 15.5. The average Bonchev–Trinajstić information content (AvgIpc) is 2.59. The van der Waals surface area contributed by atoms with Crippen molar-refractivity contribution in [3.8, 4) is 0 Å². The van der Waals surface area contributed by atoms with Gasteiger partial charge in [0.25, 0.3) is 0 Å². The van der Waals surface area contributed by atoms with E-state index >= 15 is 0 Å². The van der Waals surface area contributed by atoms with Crippen molar-refractivity contribution >= 4 is 29.2 Å². The van der Waals surface area contributed by atoms with Gasteiger partial charge in [-0.25, -0.2) is 14.4 Å². The molecule has 8 heteroatoms. The van der Waals surface area contributed by atoms with Crippen LogP contribution in [0.15, 0.2) is 41.7 Å². The second-order valence-electron chi connectivity index (χ2n) is 6.22. The Morgan fingerprint density at radius 3 is 2.81 bits per heavy atom. The van der Waals surface area contributed by atoms with Crippen molar-refractivity contribution in [1.29, 1.82) is 0 Å².